The maximum atomic E-state index is 15.7. The van der Waals surface area contributed by atoms with Gasteiger partial charge in [-0.05, 0) is 32.9 Å². The lowest BCUT2D eigenvalue weighted by Gasteiger charge is -2.51. The topological polar surface area (TPSA) is 144 Å². The first-order chi connectivity index (χ1) is 17.4. The van der Waals surface area contributed by atoms with Crippen molar-refractivity contribution in [3.63, 3.8) is 0 Å². The molecule has 198 valence electrons. The van der Waals surface area contributed by atoms with E-state index in [1.165, 1.54) is 0 Å². The Kier molecular flexibility index (Phi) is 5.97. The molecule has 0 saturated carbocycles. The summed E-state index contributed by atoms with van der Waals surface area (Å²) in [5.41, 5.74) is 4.78. The van der Waals surface area contributed by atoms with Crippen LogP contribution in [-0.2, 0) is 29.1 Å². The Labute approximate surface area is 213 Å². The molecule has 0 spiro atoms. The standard InChI is InChI=1S/C25H28F2N3O6P/c1-29(2)18-13-6-9-5-10-15(19(31)12-8-30(4-3-26)7-11(12)17(10)27)20(32)14(9)22(34)25(13,37)23(35)16(21(18)33)24(28)36/h9,13,18,31,33-34H,3-8,37H2,1-2H3,(H2,28,36)/t9-,13-,18-,25-/m0/s1. The van der Waals surface area contributed by atoms with Crippen LogP contribution in [0.15, 0.2) is 22.7 Å². The highest BCUT2D eigenvalue weighted by atomic mass is 31.0. The Hall–Kier alpha value is -2.88. The number of rotatable bonds is 4. The molecule has 5 atom stereocenters. The molecule has 4 aliphatic rings. The van der Waals surface area contributed by atoms with Gasteiger partial charge in [0, 0.05) is 47.8 Å². The highest BCUT2D eigenvalue weighted by Gasteiger charge is 2.61. The molecular formula is C25H28F2N3O6P. The number of Topliss-reactive ketones (excluding diaryl/α,β-unsaturated/α-hetero) is 2. The van der Waals surface area contributed by atoms with Gasteiger partial charge in [0.05, 0.1) is 11.6 Å². The van der Waals surface area contributed by atoms with Crippen LogP contribution < -0.4 is 5.73 Å². The molecule has 0 radical (unpaired) electrons. The van der Waals surface area contributed by atoms with Gasteiger partial charge in [0.15, 0.2) is 11.6 Å². The number of allylic oxidation sites excluding steroid dienone is 2. The molecule has 5 N–H and O–H groups in total. The monoisotopic (exact) mass is 535 g/mol. The van der Waals surface area contributed by atoms with Gasteiger partial charge >= 0.3 is 0 Å². The van der Waals surface area contributed by atoms with E-state index >= 15 is 4.39 Å². The van der Waals surface area contributed by atoms with Crippen molar-refractivity contribution in [1.82, 2.24) is 9.80 Å². The second-order valence-electron chi connectivity index (χ2n) is 10.4. The first-order valence-corrected chi connectivity index (χ1v) is 12.5. The van der Waals surface area contributed by atoms with Crippen LogP contribution in [-0.4, -0.2) is 81.1 Å². The molecule has 0 fully saturated rings. The number of amides is 1. The lowest BCUT2D eigenvalue weighted by Crippen LogP contribution is -2.60. The van der Waals surface area contributed by atoms with Crippen molar-refractivity contribution in [1.29, 1.82) is 0 Å². The first kappa shape index (κ1) is 25.8. The third-order valence-corrected chi connectivity index (χ3v) is 9.27. The number of benzene rings is 1. The molecule has 1 heterocycles. The summed E-state index contributed by atoms with van der Waals surface area (Å²) < 4.78 is 28.6. The van der Waals surface area contributed by atoms with E-state index in [4.69, 9.17) is 5.73 Å². The van der Waals surface area contributed by atoms with Crippen LogP contribution >= 0.6 is 9.24 Å². The Morgan fingerprint density at radius 1 is 1.19 bits per heavy atom. The summed E-state index contributed by atoms with van der Waals surface area (Å²) in [5.74, 6) is -6.57. The Bertz CT molecular complexity index is 1340. The summed E-state index contributed by atoms with van der Waals surface area (Å²) in [4.78, 5) is 42.6. The summed E-state index contributed by atoms with van der Waals surface area (Å²) in [6.45, 7) is -0.432. The predicted molar refractivity (Wildman–Crippen MR) is 131 cm³/mol. The Morgan fingerprint density at radius 3 is 2.43 bits per heavy atom. The van der Waals surface area contributed by atoms with Crippen LogP contribution in [0.2, 0.25) is 0 Å². The number of carbonyl (C=O) groups is 3. The van der Waals surface area contributed by atoms with E-state index in [0.29, 0.717) is 0 Å². The number of fused-ring (bicyclic) bond motifs is 4. The second kappa shape index (κ2) is 8.58. The molecule has 3 aliphatic carbocycles. The van der Waals surface area contributed by atoms with E-state index in [1.807, 2.05) is 0 Å². The SMILES string of the molecule is CN(C)[C@@H]1C(O)=C(C(N)=O)C(=O)[C@@]2(P)C(O)=C3C(=O)c4c(O)c5c(c(F)c4C[C@H]3C[C@@H]12)CN(CCF)C5. The minimum atomic E-state index is -1.84. The molecule has 37 heavy (non-hydrogen) atoms. The largest absolute Gasteiger partial charge is 0.510 e. The van der Waals surface area contributed by atoms with E-state index in [0.717, 1.165) is 0 Å². The number of halogens is 2. The molecule has 9 nitrogen and oxygen atoms in total. The van der Waals surface area contributed by atoms with Crippen LogP contribution in [0.5, 0.6) is 5.75 Å². The zero-order valence-corrected chi connectivity index (χ0v) is 21.5. The minimum absolute atomic E-state index is 0.0160. The smallest absolute Gasteiger partial charge is 0.255 e. The molecule has 0 saturated heterocycles. The van der Waals surface area contributed by atoms with Gasteiger partial charge in [-0.15, -0.1) is 9.24 Å². The Morgan fingerprint density at radius 2 is 1.84 bits per heavy atom. The van der Waals surface area contributed by atoms with E-state index in [1.54, 1.807) is 23.9 Å². The summed E-state index contributed by atoms with van der Waals surface area (Å²) in [7, 11) is 5.51. The maximum absolute atomic E-state index is 15.7. The van der Waals surface area contributed by atoms with E-state index in [2.05, 4.69) is 9.24 Å². The van der Waals surface area contributed by atoms with Crippen LogP contribution in [0.4, 0.5) is 8.78 Å². The van der Waals surface area contributed by atoms with Gasteiger partial charge < -0.3 is 21.1 Å². The molecule has 1 aromatic carbocycles. The second-order valence-corrected chi connectivity index (χ2v) is 11.3. The number of likely N-dealkylation sites (N-methyl/N-ethyl adjacent to an activating group) is 1. The summed E-state index contributed by atoms with van der Waals surface area (Å²) in [6, 6.07) is -0.898. The lowest BCUT2D eigenvalue weighted by molar-refractivity contribution is -0.125. The zero-order chi connectivity index (χ0) is 27.1. The van der Waals surface area contributed by atoms with Gasteiger partial charge in [-0.2, -0.15) is 0 Å². The highest BCUT2D eigenvalue weighted by Crippen LogP contribution is 2.56. The van der Waals surface area contributed by atoms with Gasteiger partial charge in [0.25, 0.3) is 5.91 Å². The zero-order valence-electron chi connectivity index (χ0n) is 20.3. The number of ketones is 2. The third-order valence-electron chi connectivity index (χ3n) is 8.31. The van der Waals surface area contributed by atoms with E-state index in [9.17, 15) is 34.1 Å². The van der Waals surface area contributed by atoms with Crippen LogP contribution in [0, 0.1) is 17.7 Å². The van der Waals surface area contributed by atoms with Crippen molar-refractivity contribution < 1.29 is 38.5 Å². The number of nitrogens with zero attached hydrogens (tertiary/aromatic N) is 2. The summed E-state index contributed by atoms with van der Waals surface area (Å²) >= 11 is 0. The number of hydrogen-bond acceptors (Lipinski definition) is 8. The van der Waals surface area contributed by atoms with Crippen molar-refractivity contribution in [2.24, 2.45) is 17.6 Å². The number of aliphatic hydroxyl groups is 2. The number of phenols is 1. The number of aromatic hydroxyl groups is 1. The molecular weight excluding hydrogens is 507 g/mol. The van der Waals surface area contributed by atoms with Crippen molar-refractivity contribution in [3.05, 3.63) is 50.7 Å². The third kappa shape index (κ3) is 3.33. The number of hydrogen-bond donors (Lipinski definition) is 4. The average Bonchev–Trinajstić information content (AvgIpc) is 3.24. The number of nitrogens with two attached hydrogens (primary N) is 1. The predicted octanol–water partition coefficient (Wildman–Crippen LogP) is 1.43. The van der Waals surface area contributed by atoms with Crippen molar-refractivity contribution in [3.8, 4) is 5.75 Å². The van der Waals surface area contributed by atoms with Gasteiger partial charge in [-0.25, -0.2) is 8.78 Å². The van der Waals surface area contributed by atoms with Gasteiger partial charge in [-0.3, -0.25) is 24.2 Å². The van der Waals surface area contributed by atoms with Gasteiger partial charge in [0.1, 0.15) is 40.5 Å². The molecule has 1 unspecified atom stereocenters. The van der Waals surface area contributed by atoms with Crippen molar-refractivity contribution in [2.45, 2.75) is 37.1 Å². The average molecular weight is 535 g/mol. The van der Waals surface area contributed by atoms with Crippen molar-refractivity contribution in [2.75, 3.05) is 27.3 Å². The molecule has 0 aromatic heterocycles. The van der Waals surface area contributed by atoms with Crippen LogP contribution in [0.25, 0.3) is 0 Å². The van der Waals surface area contributed by atoms with Gasteiger partial charge in [0.2, 0.25) is 0 Å². The highest BCUT2D eigenvalue weighted by molar-refractivity contribution is 7.22. The normalized spacial score (nSPS) is 29.4. The van der Waals surface area contributed by atoms with E-state index < -0.39 is 75.8 Å². The molecule has 0 bridgehead atoms. The fourth-order valence-electron chi connectivity index (χ4n) is 6.63. The molecule has 1 amide bonds. The lowest BCUT2D eigenvalue weighted by atomic mass is 9.60. The van der Waals surface area contributed by atoms with Crippen molar-refractivity contribution >= 4 is 26.7 Å². The Balaban J connectivity index is 1.69. The molecule has 1 aliphatic heterocycles. The van der Waals surface area contributed by atoms with Crippen LogP contribution in [0.3, 0.4) is 0 Å². The quantitative estimate of drug-likeness (QED) is 0.335. The number of carbonyl (C=O) groups excluding carboxylic acids is 3. The molecule has 1 aromatic rings. The molecule has 5 rings (SSSR count). The first-order valence-electron chi connectivity index (χ1n) is 11.9. The fraction of sp³-hybridized carbons (Fsp3) is 0.480. The number of alkyl halides is 1. The maximum Gasteiger partial charge on any atom is 0.255 e. The van der Waals surface area contributed by atoms with Crippen LogP contribution in [0.1, 0.15) is 33.5 Å². The summed E-state index contributed by atoms with van der Waals surface area (Å²) in [6.07, 6.45) is 0.0685. The minimum Gasteiger partial charge on any atom is -0.510 e. The number of primary amides is 1. The summed E-state index contributed by atoms with van der Waals surface area (Å²) in [5, 5.41) is 31.5. The number of phenolic OH excluding ortho intramolecular Hbond substituents is 1. The van der Waals surface area contributed by atoms with E-state index in [-0.39, 0.29) is 60.3 Å². The molecule has 12 heteroatoms. The number of aliphatic hydroxyl groups excluding tert-OH is 2. The van der Waals surface area contributed by atoms with Gasteiger partial charge in [-0.1, -0.05) is 0 Å². The fourth-order valence-corrected chi connectivity index (χ4v) is 7.25.